The standard InChI is InChI=1S/C18H20BrN3O2/c1-2-13-10-20-18(21-11-13)24-16-7-4-8-22(12-16)17(23)14-5-3-6-15(19)9-14/h3,5-6,9-11,16H,2,4,7-8,12H2,1H3. The zero-order valence-electron chi connectivity index (χ0n) is 13.6. The molecule has 0 spiro atoms. The summed E-state index contributed by atoms with van der Waals surface area (Å²) in [5, 5.41) is 0. The smallest absolute Gasteiger partial charge is 0.316 e. The molecule has 5 nitrogen and oxygen atoms in total. The third kappa shape index (κ3) is 4.12. The van der Waals surface area contributed by atoms with Crippen LogP contribution in [0.4, 0.5) is 0 Å². The lowest BCUT2D eigenvalue weighted by atomic mass is 10.1. The molecular weight excluding hydrogens is 370 g/mol. The zero-order chi connectivity index (χ0) is 16.9. The molecule has 6 heteroatoms. The first-order valence-corrected chi connectivity index (χ1v) is 8.97. The van der Waals surface area contributed by atoms with E-state index >= 15 is 0 Å². The maximum Gasteiger partial charge on any atom is 0.316 e. The lowest BCUT2D eigenvalue weighted by molar-refractivity contribution is 0.0515. The molecule has 1 atom stereocenters. The van der Waals surface area contributed by atoms with Gasteiger partial charge in [-0.25, -0.2) is 9.97 Å². The molecule has 0 N–H and O–H groups in total. The van der Waals surface area contributed by atoms with Gasteiger partial charge in [-0.15, -0.1) is 0 Å². The van der Waals surface area contributed by atoms with E-state index in [0.29, 0.717) is 18.1 Å². The zero-order valence-corrected chi connectivity index (χ0v) is 15.2. The topological polar surface area (TPSA) is 55.3 Å². The number of likely N-dealkylation sites (tertiary alicyclic amines) is 1. The Morgan fingerprint density at radius 2 is 2.17 bits per heavy atom. The number of carbonyl (C=O) groups is 1. The largest absolute Gasteiger partial charge is 0.458 e. The fraction of sp³-hybridized carbons (Fsp3) is 0.389. The molecule has 1 saturated heterocycles. The monoisotopic (exact) mass is 389 g/mol. The molecule has 1 aliphatic heterocycles. The minimum atomic E-state index is -0.0673. The number of rotatable bonds is 4. The van der Waals surface area contributed by atoms with E-state index in [1.165, 1.54) is 0 Å². The van der Waals surface area contributed by atoms with Crippen LogP contribution in [0.5, 0.6) is 6.01 Å². The number of hydrogen-bond acceptors (Lipinski definition) is 4. The highest BCUT2D eigenvalue weighted by atomic mass is 79.9. The van der Waals surface area contributed by atoms with Gasteiger partial charge < -0.3 is 9.64 Å². The molecule has 2 aromatic rings. The highest BCUT2D eigenvalue weighted by Gasteiger charge is 2.26. The minimum Gasteiger partial charge on any atom is -0.458 e. The maximum atomic E-state index is 12.7. The van der Waals surface area contributed by atoms with Crippen molar-refractivity contribution in [2.75, 3.05) is 13.1 Å². The van der Waals surface area contributed by atoms with Crippen LogP contribution >= 0.6 is 15.9 Å². The number of ether oxygens (including phenoxy) is 1. The van der Waals surface area contributed by atoms with Crippen LogP contribution in [0.25, 0.3) is 0 Å². The Bertz CT molecular complexity index is 706. The van der Waals surface area contributed by atoms with Crippen LogP contribution in [-0.2, 0) is 6.42 Å². The van der Waals surface area contributed by atoms with E-state index in [-0.39, 0.29) is 12.0 Å². The summed E-state index contributed by atoms with van der Waals surface area (Å²) in [6, 6.07) is 7.85. The van der Waals surface area contributed by atoms with Gasteiger partial charge in [-0.3, -0.25) is 4.79 Å². The van der Waals surface area contributed by atoms with Crippen molar-refractivity contribution in [2.24, 2.45) is 0 Å². The molecular formula is C18H20BrN3O2. The van der Waals surface area contributed by atoms with Gasteiger partial charge in [-0.1, -0.05) is 28.9 Å². The van der Waals surface area contributed by atoms with Gasteiger partial charge in [0.1, 0.15) is 6.10 Å². The van der Waals surface area contributed by atoms with Crippen LogP contribution in [0.3, 0.4) is 0 Å². The molecule has 1 aliphatic rings. The molecule has 0 radical (unpaired) electrons. The maximum absolute atomic E-state index is 12.7. The molecule has 1 unspecified atom stereocenters. The van der Waals surface area contributed by atoms with Crippen LogP contribution in [-0.4, -0.2) is 40.0 Å². The Balaban J connectivity index is 1.64. The summed E-state index contributed by atoms with van der Waals surface area (Å²) < 4.78 is 6.77. The quantitative estimate of drug-likeness (QED) is 0.802. The number of amides is 1. The molecule has 0 bridgehead atoms. The fourth-order valence-corrected chi connectivity index (χ4v) is 3.16. The van der Waals surface area contributed by atoms with E-state index in [0.717, 1.165) is 35.8 Å². The van der Waals surface area contributed by atoms with Gasteiger partial charge in [0.25, 0.3) is 5.91 Å². The first kappa shape index (κ1) is 16.9. The van der Waals surface area contributed by atoms with E-state index in [1.807, 2.05) is 29.2 Å². The van der Waals surface area contributed by atoms with E-state index in [1.54, 1.807) is 12.4 Å². The summed E-state index contributed by atoms with van der Waals surface area (Å²) in [6.07, 6.45) is 6.23. The summed E-state index contributed by atoms with van der Waals surface area (Å²) in [4.78, 5) is 23.0. The predicted molar refractivity (Wildman–Crippen MR) is 95.1 cm³/mol. The van der Waals surface area contributed by atoms with Crippen molar-refractivity contribution >= 4 is 21.8 Å². The Labute approximate surface area is 150 Å². The van der Waals surface area contributed by atoms with E-state index in [2.05, 4.69) is 32.8 Å². The van der Waals surface area contributed by atoms with Gasteiger partial charge >= 0.3 is 6.01 Å². The van der Waals surface area contributed by atoms with E-state index in [9.17, 15) is 4.79 Å². The molecule has 0 saturated carbocycles. The van der Waals surface area contributed by atoms with Crippen molar-refractivity contribution in [1.29, 1.82) is 0 Å². The highest BCUT2D eigenvalue weighted by Crippen LogP contribution is 2.19. The molecule has 0 aliphatic carbocycles. The molecule has 1 aromatic carbocycles. The van der Waals surface area contributed by atoms with Crippen molar-refractivity contribution < 1.29 is 9.53 Å². The molecule has 1 fully saturated rings. The Hall–Kier alpha value is -1.95. The second kappa shape index (κ2) is 7.75. The van der Waals surface area contributed by atoms with Crippen molar-refractivity contribution in [3.8, 4) is 6.01 Å². The summed E-state index contributed by atoms with van der Waals surface area (Å²) in [7, 11) is 0. The normalized spacial score (nSPS) is 17.6. The molecule has 126 valence electrons. The van der Waals surface area contributed by atoms with Crippen LogP contribution in [0, 0.1) is 0 Å². The Morgan fingerprint density at radius 3 is 2.88 bits per heavy atom. The molecule has 2 heterocycles. The van der Waals surface area contributed by atoms with Crippen LogP contribution < -0.4 is 4.74 Å². The minimum absolute atomic E-state index is 0.0341. The molecule has 1 amide bonds. The van der Waals surface area contributed by atoms with E-state index in [4.69, 9.17) is 4.74 Å². The van der Waals surface area contributed by atoms with Gasteiger partial charge in [0, 0.05) is 29.0 Å². The highest BCUT2D eigenvalue weighted by molar-refractivity contribution is 9.10. The van der Waals surface area contributed by atoms with Crippen molar-refractivity contribution in [2.45, 2.75) is 32.3 Å². The second-order valence-corrected chi connectivity index (χ2v) is 6.79. The SMILES string of the molecule is CCc1cnc(OC2CCCN(C(=O)c3cccc(Br)c3)C2)nc1. The first-order valence-electron chi connectivity index (χ1n) is 8.18. The lowest BCUT2D eigenvalue weighted by Crippen LogP contribution is -2.44. The molecule has 24 heavy (non-hydrogen) atoms. The van der Waals surface area contributed by atoms with Gasteiger partial charge in [0.2, 0.25) is 0 Å². The Morgan fingerprint density at radius 1 is 1.38 bits per heavy atom. The molecule has 3 rings (SSSR count). The summed E-state index contributed by atoms with van der Waals surface area (Å²) in [5.74, 6) is 0.0341. The van der Waals surface area contributed by atoms with Crippen LogP contribution in [0.15, 0.2) is 41.1 Å². The third-order valence-corrected chi connectivity index (χ3v) is 4.59. The van der Waals surface area contributed by atoms with Crippen molar-refractivity contribution in [3.63, 3.8) is 0 Å². The predicted octanol–water partition coefficient (Wildman–Crippen LogP) is 3.49. The molecule has 1 aromatic heterocycles. The number of hydrogen-bond donors (Lipinski definition) is 0. The fourth-order valence-electron chi connectivity index (χ4n) is 2.76. The van der Waals surface area contributed by atoms with Gasteiger partial charge in [-0.2, -0.15) is 0 Å². The van der Waals surface area contributed by atoms with Crippen molar-refractivity contribution in [3.05, 3.63) is 52.3 Å². The summed E-state index contributed by atoms with van der Waals surface area (Å²) in [5.41, 5.74) is 1.77. The number of carbonyl (C=O) groups excluding carboxylic acids is 1. The van der Waals surface area contributed by atoms with Crippen LogP contribution in [0.2, 0.25) is 0 Å². The van der Waals surface area contributed by atoms with Gasteiger partial charge in [0.05, 0.1) is 6.54 Å². The average molecular weight is 390 g/mol. The lowest BCUT2D eigenvalue weighted by Gasteiger charge is -2.32. The number of benzene rings is 1. The number of piperidine rings is 1. The van der Waals surface area contributed by atoms with Gasteiger partial charge in [0.15, 0.2) is 0 Å². The number of nitrogens with zero attached hydrogens (tertiary/aromatic N) is 3. The van der Waals surface area contributed by atoms with Gasteiger partial charge in [-0.05, 0) is 43.0 Å². The summed E-state index contributed by atoms with van der Waals surface area (Å²) >= 11 is 3.41. The van der Waals surface area contributed by atoms with E-state index < -0.39 is 0 Å². The number of halogens is 1. The van der Waals surface area contributed by atoms with Crippen molar-refractivity contribution in [1.82, 2.24) is 14.9 Å². The first-order chi connectivity index (χ1) is 11.7. The average Bonchev–Trinajstić information content (AvgIpc) is 2.62. The number of aromatic nitrogens is 2. The van der Waals surface area contributed by atoms with Crippen LogP contribution in [0.1, 0.15) is 35.7 Å². The number of aryl methyl sites for hydroxylation is 1. The Kier molecular flexibility index (Phi) is 5.45. The third-order valence-electron chi connectivity index (χ3n) is 4.10. The second-order valence-electron chi connectivity index (χ2n) is 5.87. The summed E-state index contributed by atoms with van der Waals surface area (Å²) in [6.45, 7) is 3.37.